The van der Waals surface area contributed by atoms with Gasteiger partial charge < -0.3 is 11.1 Å². The van der Waals surface area contributed by atoms with E-state index in [1.807, 2.05) is 12.1 Å². The Labute approximate surface area is 100 Å². The van der Waals surface area contributed by atoms with Gasteiger partial charge in [-0.1, -0.05) is 0 Å². The summed E-state index contributed by atoms with van der Waals surface area (Å²) < 4.78 is 0. The number of aryl methyl sites for hydroxylation is 1. The lowest BCUT2D eigenvalue weighted by atomic mass is 10.2. The van der Waals surface area contributed by atoms with Gasteiger partial charge in [-0.2, -0.15) is 11.3 Å². The molecule has 0 fully saturated rings. The molecule has 2 aromatic rings. The van der Waals surface area contributed by atoms with Crippen LogP contribution in [0.4, 0.5) is 11.4 Å². The molecule has 0 aliphatic rings. The Bertz CT molecular complexity index is 429. The largest absolute Gasteiger partial charge is 0.399 e. The third-order valence-electron chi connectivity index (χ3n) is 2.42. The number of rotatable bonds is 4. The SMILES string of the molecule is Cc1cc(N)cc(NCCc2ccsc2)c1. The van der Waals surface area contributed by atoms with Crippen LogP contribution in [0.15, 0.2) is 35.0 Å². The van der Waals surface area contributed by atoms with Crippen LogP contribution < -0.4 is 11.1 Å². The van der Waals surface area contributed by atoms with Crippen molar-refractivity contribution in [2.75, 3.05) is 17.6 Å². The Balaban J connectivity index is 1.89. The van der Waals surface area contributed by atoms with Crippen LogP contribution in [0.2, 0.25) is 0 Å². The molecule has 84 valence electrons. The normalized spacial score (nSPS) is 10.3. The number of benzene rings is 1. The van der Waals surface area contributed by atoms with Crippen LogP contribution in [0.5, 0.6) is 0 Å². The maximum atomic E-state index is 5.79. The van der Waals surface area contributed by atoms with E-state index < -0.39 is 0 Å². The van der Waals surface area contributed by atoms with Gasteiger partial charge in [0.25, 0.3) is 0 Å². The quantitative estimate of drug-likeness (QED) is 0.794. The number of nitrogens with one attached hydrogen (secondary N) is 1. The van der Waals surface area contributed by atoms with E-state index in [1.54, 1.807) is 11.3 Å². The summed E-state index contributed by atoms with van der Waals surface area (Å²) in [6.07, 6.45) is 1.05. The molecule has 2 rings (SSSR count). The van der Waals surface area contributed by atoms with Crippen molar-refractivity contribution in [1.82, 2.24) is 0 Å². The molecule has 0 spiro atoms. The predicted octanol–water partition coefficient (Wildman–Crippen LogP) is 3.29. The zero-order chi connectivity index (χ0) is 11.4. The minimum absolute atomic E-state index is 0.818. The fraction of sp³-hybridized carbons (Fsp3) is 0.231. The van der Waals surface area contributed by atoms with Gasteiger partial charge in [0.2, 0.25) is 0 Å². The molecule has 3 heteroatoms. The van der Waals surface area contributed by atoms with E-state index in [4.69, 9.17) is 5.73 Å². The minimum Gasteiger partial charge on any atom is -0.399 e. The fourth-order valence-electron chi connectivity index (χ4n) is 1.70. The van der Waals surface area contributed by atoms with E-state index in [-0.39, 0.29) is 0 Å². The molecule has 1 aromatic heterocycles. The molecular weight excluding hydrogens is 216 g/mol. The first-order valence-corrected chi connectivity index (χ1v) is 6.30. The number of hydrogen-bond donors (Lipinski definition) is 2. The van der Waals surface area contributed by atoms with E-state index in [0.29, 0.717) is 0 Å². The summed E-state index contributed by atoms with van der Waals surface area (Å²) >= 11 is 1.74. The zero-order valence-corrected chi connectivity index (χ0v) is 10.2. The number of hydrogen-bond acceptors (Lipinski definition) is 3. The molecule has 0 saturated carbocycles. The highest BCUT2D eigenvalue weighted by molar-refractivity contribution is 7.07. The smallest absolute Gasteiger partial charge is 0.0363 e. The first kappa shape index (κ1) is 11.0. The van der Waals surface area contributed by atoms with Gasteiger partial charge in [0.15, 0.2) is 0 Å². The second-order valence-corrected chi connectivity index (χ2v) is 4.72. The maximum absolute atomic E-state index is 5.79. The van der Waals surface area contributed by atoms with E-state index in [1.165, 1.54) is 11.1 Å². The third kappa shape index (κ3) is 3.00. The van der Waals surface area contributed by atoms with Crippen LogP contribution >= 0.6 is 11.3 Å². The van der Waals surface area contributed by atoms with E-state index in [0.717, 1.165) is 24.3 Å². The Morgan fingerprint density at radius 3 is 2.88 bits per heavy atom. The van der Waals surface area contributed by atoms with Gasteiger partial charge in [0, 0.05) is 17.9 Å². The van der Waals surface area contributed by atoms with Crippen LogP contribution in [0.1, 0.15) is 11.1 Å². The Hall–Kier alpha value is -1.48. The van der Waals surface area contributed by atoms with Crippen LogP contribution in [-0.4, -0.2) is 6.54 Å². The van der Waals surface area contributed by atoms with Crippen molar-refractivity contribution in [3.05, 3.63) is 46.2 Å². The molecule has 0 saturated heterocycles. The van der Waals surface area contributed by atoms with Gasteiger partial charge in [-0.05, 0) is 59.5 Å². The topological polar surface area (TPSA) is 38.0 Å². The Kier molecular flexibility index (Phi) is 3.47. The highest BCUT2D eigenvalue weighted by Crippen LogP contribution is 2.16. The van der Waals surface area contributed by atoms with Crippen LogP contribution in [0, 0.1) is 6.92 Å². The summed E-state index contributed by atoms with van der Waals surface area (Å²) in [6, 6.07) is 8.23. The summed E-state index contributed by atoms with van der Waals surface area (Å²) in [5, 5.41) is 7.69. The lowest BCUT2D eigenvalue weighted by molar-refractivity contribution is 1.03. The average molecular weight is 232 g/mol. The molecular formula is C13H16N2S. The van der Waals surface area contributed by atoms with Crippen molar-refractivity contribution >= 4 is 22.7 Å². The van der Waals surface area contributed by atoms with Crippen molar-refractivity contribution in [2.24, 2.45) is 0 Å². The molecule has 2 nitrogen and oxygen atoms in total. The molecule has 0 aliphatic heterocycles. The fourth-order valence-corrected chi connectivity index (χ4v) is 2.40. The van der Waals surface area contributed by atoms with Gasteiger partial charge in [-0.3, -0.25) is 0 Å². The molecule has 0 aliphatic carbocycles. The monoisotopic (exact) mass is 232 g/mol. The van der Waals surface area contributed by atoms with Crippen molar-refractivity contribution in [1.29, 1.82) is 0 Å². The van der Waals surface area contributed by atoms with Crippen molar-refractivity contribution in [3.63, 3.8) is 0 Å². The summed E-state index contributed by atoms with van der Waals surface area (Å²) in [5.74, 6) is 0. The van der Waals surface area contributed by atoms with Crippen molar-refractivity contribution < 1.29 is 0 Å². The Morgan fingerprint density at radius 1 is 1.31 bits per heavy atom. The van der Waals surface area contributed by atoms with E-state index in [9.17, 15) is 0 Å². The molecule has 0 amide bonds. The van der Waals surface area contributed by atoms with Gasteiger partial charge in [0.1, 0.15) is 0 Å². The third-order valence-corrected chi connectivity index (χ3v) is 3.15. The molecule has 0 atom stereocenters. The lowest BCUT2D eigenvalue weighted by Gasteiger charge is -2.07. The van der Waals surface area contributed by atoms with Gasteiger partial charge in [-0.15, -0.1) is 0 Å². The van der Waals surface area contributed by atoms with Crippen LogP contribution in [0.25, 0.3) is 0 Å². The Morgan fingerprint density at radius 2 is 2.19 bits per heavy atom. The van der Waals surface area contributed by atoms with E-state index >= 15 is 0 Å². The first-order chi connectivity index (χ1) is 7.74. The number of nitrogens with two attached hydrogens (primary N) is 1. The molecule has 3 N–H and O–H groups in total. The number of nitrogen functional groups attached to an aromatic ring is 1. The average Bonchev–Trinajstić information content (AvgIpc) is 2.69. The minimum atomic E-state index is 0.818. The summed E-state index contributed by atoms with van der Waals surface area (Å²) in [7, 11) is 0. The van der Waals surface area contributed by atoms with Gasteiger partial charge >= 0.3 is 0 Å². The molecule has 0 bridgehead atoms. The lowest BCUT2D eigenvalue weighted by Crippen LogP contribution is -2.04. The highest BCUT2D eigenvalue weighted by Gasteiger charge is 1.96. The van der Waals surface area contributed by atoms with Gasteiger partial charge in [-0.25, -0.2) is 0 Å². The first-order valence-electron chi connectivity index (χ1n) is 5.36. The van der Waals surface area contributed by atoms with Gasteiger partial charge in [0.05, 0.1) is 0 Å². The predicted molar refractivity (Wildman–Crippen MR) is 72.1 cm³/mol. The second-order valence-electron chi connectivity index (χ2n) is 3.94. The van der Waals surface area contributed by atoms with Crippen molar-refractivity contribution in [3.8, 4) is 0 Å². The molecule has 16 heavy (non-hydrogen) atoms. The molecule has 1 heterocycles. The number of anilines is 2. The maximum Gasteiger partial charge on any atom is 0.0363 e. The molecule has 0 unspecified atom stereocenters. The standard InChI is InChI=1S/C13H16N2S/c1-10-6-12(14)8-13(7-10)15-4-2-11-3-5-16-9-11/h3,5-9,15H,2,4,14H2,1H3. The van der Waals surface area contributed by atoms with E-state index in [2.05, 4.69) is 35.1 Å². The van der Waals surface area contributed by atoms with Crippen molar-refractivity contribution in [2.45, 2.75) is 13.3 Å². The molecule has 1 aromatic carbocycles. The highest BCUT2D eigenvalue weighted by atomic mass is 32.1. The summed E-state index contributed by atoms with van der Waals surface area (Å²) in [5.41, 5.74) is 10.3. The zero-order valence-electron chi connectivity index (χ0n) is 9.36. The summed E-state index contributed by atoms with van der Waals surface area (Å²) in [4.78, 5) is 0. The van der Waals surface area contributed by atoms with Crippen LogP contribution in [0.3, 0.4) is 0 Å². The van der Waals surface area contributed by atoms with Crippen LogP contribution in [-0.2, 0) is 6.42 Å². The molecule has 0 radical (unpaired) electrons. The second kappa shape index (κ2) is 5.03. The summed E-state index contributed by atoms with van der Waals surface area (Å²) in [6.45, 7) is 3.00. The number of thiophene rings is 1.